The van der Waals surface area contributed by atoms with E-state index in [2.05, 4.69) is 40.7 Å². The second-order valence-electron chi connectivity index (χ2n) is 10.6. The predicted octanol–water partition coefficient (Wildman–Crippen LogP) is 2.68. The highest BCUT2D eigenvalue weighted by Gasteiger charge is 2.34. The molecule has 2 aromatic carbocycles. The molecule has 9 nitrogen and oxygen atoms in total. The van der Waals surface area contributed by atoms with Gasteiger partial charge in [0.05, 0.1) is 50.7 Å². The van der Waals surface area contributed by atoms with Crippen molar-refractivity contribution in [3.8, 4) is 0 Å². The van der Waals surface area contributed by atoms with Gasteiger partial charge >= 0.3 is 0 Å². The SMILES string of the molecule is Cc1ccc2nc(N3CCS(=O)(=NC4CCCNC4)c4ccccc4C3)nc(NCC3(N)COC3)c2c1. The zero-order valence-corrected chi connectivity index (χ0v) is 22.1. The first-order valence-corrected chi connectivity index (χ1v) is 14.8. The number of nitrogens with one attached hydrogen (secondary N) is 2. The van der Waals surface area contributed by atoms with Crippen molar-refractivity contribution in [3.05, 3.63) is 53.6 Å². The number of rotatable bonds is 5. The molecule has 3 aromatic rings. The summed E-state index contributed by atoms with van der Waals surface area (Å²) in [6.07, 6.45) is 2.04. The standard InChI is InChI=1S/C27H35N7O2S/c1-19-8-9-23-22(13-19)25(30-16-27(28)17-36-18-27)32-26(31-23)34-11-12-37(35,33-21-6-4-10-29-14-21)24-7-3-2-5-20(24)15-34/h2-3,5,7-9,13,21,29H,4,6,10-12,14-18,28H2,1H3,(H,30,31,32). The Morgan fingerprint density at radius 3 is 2.92 bits per heavy atom. The van der Waals surface area contributed by atoms with Crippen LogP contribution in [0.1, 0.15) is 24.0 Å². The van der Waals surface area contributed by atoms with Gasteiger partial charge in [-0.15, -0.1) is 0 Å². The quantitative estimate of drug-likeness (QED) is 0.469. The van der Waals surface area contributed by atoms with Crippen LogP contribution in [-0.4, -0.2) is 70.9 Å². The maximum absolute atomic E-state index is 14.4. The Bertz CT molecular complexity index is 1430. The zero-order valence-electron chi connectivity index (χ0n) is 21.3. The molecule has 37 heavy (non-hydrogen) atoms. The van der Waals surface area contributed by atoms with Crippen molar-refractivity contribution < 1.29 is 8.95 Å². The van der Waals surface area contributed by atoms with Crippen LogP contribution < -0.4 is 21.3 Å². The summed E-state index contributed by atoms with van der Waals surface area (Å²) in [5.74, 6) is 1.83. The van der Waals surface area contributed by atoms with Gasteiger partial charge in [0.25, 0.3) is 0 Å². The number of piperidine rings is 1. The highest BCUT2D eigenvalue weighted by Crippen LogP contribution is 2.30. The van der Waals surface area contributed by atoms with Gasteiger partial charge in [-0.25, -0.2) is 13.6 Å². The van der Waals surface area contributed by atoms with Crippen LogP contribution in [0, 0.1) is 6.92 Å². The number of ether oxygens (including phenoxy) is 1. The van der Waals surface area contributed by atoms with Crippen molar-refractivity contribution in [3.63, 3.8) is 0 Å². The van der Waals surface area contributed by atoms with E-state index in [4.69, 9.17) is 24.8 Å². The van der Waals surface area contributed by atoms with Gasteiger partial charge in [-0.2, -0.15) is 4.98 Å². The first-order valence-electron chi connectivity index (χ1n) is 13.1. The van der Waals surface area contributed by atoms with Gasteiger partial charge in [-0.3, -0.25) is 0 Å². The zero-order chi connectivity index (χ0) is 25.5. The van der Waals surface area contributed by atoms with Crippen molar-refractivity contribution in [2.75, 3.05) is 55.4 Å². The highest BCUT2D eigenvalue weighted by molar-refractivity contribution is 7.93. The van der Waals surface area contributed by atoms with E-state index in [0.717, 1.165) is 58.7 Å². The Balaban J connectivity index is 1.37. The summed E-state index contributed by atoms with van der Waals surface area (Å²) in [7, 11) is -2.57. The molecule has 4 heterocycles. The summed E-state index contributed by atoms with van der Waals surface area (Å²) in [6.45, 7) is 6.63. The van der Waals surface area contributed by atoms with Crippen LogP contribution in [0.15, 0.2) is 51.7 Å². The van der Waals surface area contributed by atoms with Crippen molar-refractivity contribution in [2.45, 2.75) is 42.8 Å². The van der Waals surface area contributed by atoms with Crippen LogP contribution >= 0.6 is 0 Å². The Labute approximate surface area is 218 Å². The van der Waals surface area contributed by atoms with E-state index in [1.807, 2.05) is 24.3 Å². The normalized spacial score (nSPS) is 25.1. The van der Waals surface area contributed by atoms with E-state index < -0.39 is 9.73 Å². The van der Waals surface area contributed by atoms with Crippen LogP contribution in [0.2, 0.25) is 0 Å². The Morgan fingerprint density at radius 2 is 2.14 bits per heavy atom. The third-order valence-corrected chi connectivity index (χ3v) is 9.87. The molecule has 6 rings (SSSR count). The highest BCUT2D eigenvalue weighted by atomic mass is 32.2. The molecule has 2 saturated heterocycles. The monoisotopic (exact) mass is 521 g/mol. The maximum Gasteiger partial charge on any atom is 0.228 e. The smallest absolute Gasteiger partial charge is 0.228 e. The Morgan fingerprint density at radius 1 is 1.27 bits per heavy atom. The summed E-state index contributed by atoms with van der Waals surface area (Å²) in [5.41, 5.74) is 9.04. The third kappa shape index (κ3) is 5.03. The molecular weight excluding hydrogens is 486 g/mol. The number of aryl methyl sites for hydroxylation is 1. The largest absolute Gasteiger partial charge is 0.377 e. The minimum absolute atomic E-state index is 0.0795. The molecule has 196 valence electrons. The van der Waals surface area contributed by atoms with E-state index in [1.165, 1.54) is 0 Å². The van der Waals surface area contributed by atoms with Crippen LogP contribution in [0.5, 0.6) is 0 Å². The van der Waals surface area contributed by atoms with Gasteiger partial charge in [0.15, 0.2) is 0 Å². The Hall–Kier alpha value is -2.79. The molecule has 4 N–H and O–H groups in total. The van der Waals surface area contributed by atoms with Gasteiger partial charge < -0.3 is 26.0 Å². The summed E-state index contributed by atoms with van der Waals surface area (Å²) >= 11 is 0. The molecule has 2 unspecified atom stereocenters. The molecule has 10 heteroatoms. The number of benzene rings is 2. The summed E-state index contributed by atoms with van der Waals surface area (Å²) < 4.78 is 24.7. The molecule has 0 saturated carbocycles. The molecule has 0 amide bonds. The lowest BCUT2D eigenvalue weighted by Gasteiger charge is -2.38. The fourth-order valence-corrected chi connectivity index (χ4v) is 7.65. The first-order chi connectivity index (χ1) is 17.9. The molecule has 2 atom stereocenters. The lowest BCUT2D eigenvalue weighted by atomic mass is 9.99. The predicted molar refractivity (Wildman–Crippen MR) is 148 cm³/mol. The molecule has 3 aliphatic rings. The van der Waals surface area contributed by atoms with Crippen LogP contribution in [-0.2, 0) is 21.0 Å². The second kappa shape index (κ2) is 9.83. The summed E-state index contributed by atoms with van der Waals surface area (Å²) in [4.78, 5) is 12.9. The minimum atomic E-state index is -2.57. The lowest BCUT2D eigenvalue weighted by molar-refractivity contribution is -0.0461. The van der Waals surface area contributed by atoms with Crippen molar-refractivity contribution in [2.24, 2.45) is 10.1 Å². The summed E-state index contributed by atoms with van der Waals surface area (Å²) in [5, 5.41) is 7.84. The number of hydrogen-bond donors (Lipinski definition) is 3. The molecule has 0 radical (unpaired) electrons. The van der Waals surface area contributed by atoms with Gasteiger partial charge in [-0.1, -0.05) is 29.8 Å². The first kappa shape index (κ1) is 24.5. The van der Waals surface area contributed by atoms with Crippen LogP contribution in [0.25, 0.3) is 10.9 Å². The number of nitrogens with two attached hydrogens (primary N) is 1. The van der Waals surface area contributed by atoms with Gasteiger partial charge in [-0.05, 0) is 50.1 Å². The molecule has 0 aliphatic carbocycles. The van der Waals surface area contributed by atoms with E-state index in [-0.39, 0.29) is 11.6 Å². The number of nitrogens with zero attached hydrogens (tertiary/aromatic N) is 4. The van der Waals surface area contributed by atoms with E-state index in [1.54, 1.807) is 0 Å². The fraction of sp³-hybridized carbons (Fsp3) is 0.481. The fourth-order valence-electron chi connectivity index (χ4n) is 5.25. The van der Waals surface area contributed by atoms with Crippen LogP contribution in [0.4, 0.5) is 11.8 Å². The van der Waals surface area contributed by atoms with Gasteiger partial charge in [0, 0.05) is 31.6 Å². The molecular formula is C27H35N7O2S. The molecule has 3 aliphatic heterocycles. The number of aromatic nitrogens is 2. The van der Waals surface area contributed by atoms with Crippen LogP contribution in [0.3, 0.4) is 0 Å². The minimum Gasteiger partial charge on any atom is -0.377 e. The molecule has 2 fully saturated rings. The number of fused-ring (bicyclic) bond motifs is 2. The van der Waals surface area contributed by atoms with Crippen molar-refractivity contribution in [1.29, 1.82) is 0 Å². The maximum atomic E-state index is 14.4. The van der Waals surface area contributed by atoms with Gasteiger partial charge in [0.2, 0.25) is 5.95 Å². The average molecular weight is 522 g/mol. The lowest BCUT2D eigenvalue weighted by Crippen LogP contribution is -2.61. The topological polar surface area (TPSA) is 118 Å². The van der Waals surface area contributed by atoms with E-state index in [9.17, 15) is 4.21 Å². The summed E-state index contributed by atoms with van der Waals surface area (Å²) in [6, 6.07) is 14.3. The average Bonchev–Trinajstić information content (AvgIpc) is 3.03. The Kier molecular flexibility index (Phi) is 6.52. The second-order valence-corrected chi connectivity index (χ2v) is 12.9. The molecule has 0 bridgehead atoms. The molecule has 0 spiro atoms. The number of anilines is 2. The van der Waals surface area contributed by atoms with E-state index in [0.29, 0.717) is 44.5 Å². The molecule has 1 aromatic heterocycles. The van der Waals surface area contributed by atoms with Crippen molar-refractivity contribution in [1.82, 2.24) is 15.3 Å². The third-order valence-electron chi connectivity index (χ3n) is 7.41. The van der Waals surface area contributed by atoms with E-state index >= 15 is 0 Å². The van der Waals surface area contributed by atoms with Gasteiger partial charge in [0.1, 0.15) is 5.82 Å². The van der Waals surface area contributed by atoms with Crippen molar-refractivity contribution >= 4 is 32.4 Å². The number of hydrogen-bond acceptors (Lipinski definition) is 9.